The van der Waals surface area contributed by atoms with Gasteiger partial charge in [0.2, 0.25) is 0 Å². The summed E-state index contributed by atoms with van der Waals surface area (Å²) in [5, 5.41) is 10.4. The van der Waals surface area contributed by atoms with E-state index in [1.54, 1.807) is 0 Å². The molecule has 2 aromatic rings. The number of carbonyl (C=O) groups excluding carboxylic acids is 1. The summed E-state index contributed by atoms with van der Waals surface area (Å²) in [5.41, 5.74) is 1.79. The summed E-state index contributed by atoms with van der Waals surface area (Å²) >= 11 is 0. The zero-order valence-corrected chi connectivity index (χ0v) is 16.2. The van der Waals surface area contributed by atoms with Gasteiger partial charge in [-0.3, -0.25) is 9.69 Å². The molecule has 28 heavy (non-hydrogen) atoms. The molecule has 1 saturated heterocycles. The maximum absolute atomic E-state index is 12.5. The molecular formula is C23H28N2O3. The number of β-amino-alcohol motifs (C(OH)–C–C–N with tert-alkyl or cyclic N) is 1. The van der Waals surface area contributed by atoms with Crippen LogP contribution in [0.2, 0.25) is 0 Å². The van der Waals surface area contributed by atoms with Gasteiger partial charge in [-0.15, -0.1) is 6.58 Å². The largest absolute Gasteiger partial charge is 0.491 e. The highest BCUT2D eigenvalue weighted by atomic mass is 16.5. The standard InChI is InChI=1S/C23H28N2O3/c1-2-8-19-9-6-7-12-22(19)28-18-21(26)17-24-13-15-25(16-14-24)23(27)20-10-4-3-5-11-20/h2-7,9-12,21,26H,1,8,13-18H2. The highest BCUT2D eigenvalue weighted by Crippen LogP contribution is 2.19. The van der Waals surface area contributed by atoms with Crippen LogP contribution in [0.4, 0.5) is 0 Å². The van der Waals surface area contributed by atoms with E-state index < -0.39 is 6.10 Å². The molecule has 0 aromatic heterocycles. The van der Waals surface area contributed by atoms with Gasteiger partial charge in [-0.2, -0.15) is 0 Å². The SMILES string of the molecule is C=CCc1ccccc1OCC(O)CN1CCN(C(=O)c2ccccc2)CC1. The number of allylic oxidation sites excluding steroid dienone is 1. The third-order valence-electron chi connectivity index (χ3n) is 4.92. The number of benzene rings is 2. The number of ether oxygens (including phenoxy) is 1. The van der Waals surface area contributed by atoms with Gasteiger partial charge in [0.15, 0.2) is 0 Å². The van der Waals surface area contributed by atoms with Crippen LogP contribution in [0, 0.1) is 0 Å². The summed E-state index contributed by atoms with van der Waals surface area (Å²) in [6, 6.07) is 17.2. The van der Waals surface area contributed by atoms with Gasteiger partial charge in [0, 0.05) is 38.3 Å². The molecule has 1 heterocycles. The molecule has 148 valence electrons. The van der Waals surface area contributed by atoms with Crippen molar-refractivity contribution in [3.8, 4) is 5.75 Å². The number of rotatable bonds is 8. The summed E-state index contributed by atoms with van der Waals surface area (Å²) in [7, 11) is 0. The minimum atomic E-state index is -0.576. The third kappa shape index (κ3) is 5.44. The number of aliphatic hydroxyl groups excluding tert-OH is 1. The first-order valence-electron chi connectivity index (χ1n) is 9.73. The molecule has 1 unspecified atom stereocenters. The minimum absolute atomic E-state index is 0.0722. The second-order valence-corrected chi connectivity index (χ2v) is 7.02. The number of carbonyl (C=O) groups is 1. The van der Waals surface area contributed by atoms with Crippen molar-refractivity contribution in [1.29, 1.82) is 0 Å². The number of nitrogens with zero attached hydrogens (tertiary/aromatic N) is 2. The first-order valence-corrected chi connectivity index (χ1v) is 9.73. The molecule has 1 N–H and O–H groups in total. The lowest BCUT2D eigenvalue weighted by molar-refractivity contribution is 0.0402. The summed E-state index contributed by atoms with van der Waals surface area (Å²) < 4.78 is 5.82. The van der Waals surface area contributed by atoms with E-state index in [4.69, 9.17) is 4.74 Å². The summed E-state index contributed by atoms with van der Waals surface area (Å²) in [4.78, 5) is 16.6. The second kappa shape index (κ2) is 10.1. The van der Waals surface area contributed by atoms with Gasteiger partial charge in [0.1, 0.15) is 18.5 Å². The Hall–Kier alpha value is -2.63. The van der Waals surface area contributed by atoms with Crippen molar-refractivity contribution in [1.82, 2.24) is 9.80 Å². The Labute approximate surface area is 166 Å². The zero-order chi connectivity index (χ0) is 19.8. The van der Waals surface area contributed by atoms with E-state index in [2.05, 4.69) is 11.5 Å². The number of para-hydroxylation sites is 1. The molecule has 0 bridgehead atoms. The Kier molecular flexibility index (Phi) is 7.23. The van der Waals surface area contributed by atoms with Crippen molar-refractivity contribution in [3.05, 3.63) is 78.4 Å². The lowest BCUT2D eigenvalue weighted by atomic mass is 10.1. The van der Waals surface area contributed by atoms with E-state index in [-0.39, 0.29) is 12.5 Å². The second-order valence-electron chi connectivity index (χ2n) is 7.02. The number of piperazine rings is 1. The average Bonchev–Trinajstić information content (AvgIpc) is 2.74. The molecule has 0 spiro atoms. The van der Waals surface area contributed by atoms with Gasteiger partial charge in [-0.05, 0) is 30.2 Å². The van der Waals surface area contributed by atoms with Crippen molar-refractivity contribution in [2.24, 2.45) is 0 Å². The van der Waals surface area contributed by atoms with E-state index in [1.165, 1.54) is 0 Å². The third-order valence-corrected chi connectivity index (χ3v) is 4.92. The molecule has 5 nitrogen and oxygen atoms in total. The number of aliphatic hydroxyl groups is 1. The van der Waals surface area contributed by atoms with Crippen molar-refractivity contribution < 1.29 is 14.6 Å². The molecule has 1 aliphatic heterocycles. The lowest BCUT2D eigenvalue weighted by Gasteiger charge is -2.35. The van der Waals surface area contributed by atoms with Crippen LogP contribution < -0.4 is 4.74 Å². The Bertz CT molecular complexity index is 770. The van der Waals surface area contributed by atoms with Crippen molar-refractivity contribution in [2.75, 3.05) is 39.3 Å². The predicted octanol–water partition coefficient (Wildman–Crippen LogP) is 2.61. The van der Waals surface area contributed by atoms with Gasteiger partial charge in [-0.1, -0.05) is 42.5 Å². The Balaban J connectivity index is 1.43. The van der Waals surface area contributed by atoms with E-state index in [0.717, 1.165) is 36.4 Å². The highest BCUT2D eigenvalue weighted by molar-refractivity contribution is 5.94. The molecule has 3 rings (SSSR count). The Morgan fingerprint density at radius 2 is 1.75 bits per heavy atom. The predicted molar refractivity (Wildman–Crippen MR) is 111 cm³/mol. The summed E-state index contributed by atoms with van der Waals surface area (Å²) in [5.74, 6) is 0.864. The average molecular weight is 380 g/mol. The molecule has 1 amide bonds. The fraction of sp³-hybridized carbons (Fsp3) is 0.348. The topological polar surface area (TPSA) is 53.0 Å². The minimum Gasteiger partial charge on any atom is -0.491 e. The number of hydrogen-bond donors (Lipinski definition) is 1. The molecule has 0 saturated carbocycles. The fourth-order valence-electron chi connectivity index (χ4n) is 3.40. The summed E-state index contributed by atoms with van der Waals surface area (Å²) in [6.07, 6.45) is 2.01. The quantitative estimate of drug-likeness (QED) is 0.716. The molecule has 0 radical (unpaired) electrons. The van der Waals surface area contributed by atoms with Crippen LogP contribution in [-0.2, 0) is 6.42 Å². The molecule has 0 aliphatic carbocycles. The van der Waals surface area contributed by atoms with Crippen LogP contribution in [0.25, 0.3) is 0 Å². The van der Waals surface area contributed by atoms with E-state index >= 15 is 0 Å². The first kappa shape index (κ1) is 20.1. The van der Waals surface area contributed by atoms with Crippen LogP contribution in [0.1, 0.15) is 15.9 Å². The Morgan fingerprint density at radius 1 is 1.07 bits per heavy atom. The van der Waals surface area contributed by atoms with E-state index in [1.807, 2.05) is 65.6 Å². The smallest absolute Gasteiger partial charge is 0.253 e. The van der Waals surface area contributed by atoms with Crippen molar-refractivity contribution in [3.63, 3.8) is 0 Å². The van der Waals surface area contributed by atoms with Gasteiger partial charge in [-0.25, -0.2) is 0 Å². The zero-order valence-electron chi connectivity index (χ0n) is 16.2. The van der Waals surface area contributed by atoms with Crippen LogP contribution in [0.15, 0.2) is 67.3 Å². The van der Waals surface area contributed by atoms with Crippen LogP contribution >= 0.6 is 0 Å². The molecule has 1 atom stereocenters. The van der Waals surface area contributed by atoms with Crippen molar-refractivity contribution in [2.45, 2.75) is 12.5 Å². The lowest BCUT2D eigenvalue weighted by Crippen LogP contribution is -2.50. The molecule has 1 aliphatic rings. The van der Waals surface area contributed by atoms with Crippen LogP contribution in [0.3, 0.4) is 0 Å². The fourth-order valence-corrected chi connectivity index (χ4v) is 3.40. The molecule has 1 fully saturated rings. The van der Waals surface area contributed by atoms with Gasteiger partial charge < -0.3 is 14.7 Å². The summed E-state index contributed by atoms with van der Waals surface area (Å²) in [6.45, 7) is 7.40. The van der Waals surface area contributed by atoms with Gasteiger partial charge >= 0.3 is 0 Å². The maximum Gasteiger partial charge on any atom is 0.253 e. The number of hydrogen-bond acceptors (Lipinski definition) is 4. The molecular weight excluding hydrogens is 352 g/mol. The molecule has 5 heteroatoms. The van der Waals surface area contributed by atoms with Crippen LogP contribution in [-0.4, -0.2) is 66.2 Å². The van der Waals surface area contributed by atoms with E-state index in [9.17, 15) is 9.90 Å². The Morgan fingerprint density at radius 3 is 2.46 bits per heavy atom. The maximum atomic E-state index is 12.5. The highest BCUT2D eigenvalue weighted by Gasteiger charge is 2.23. The van der Waals surface area contributed by atoms with Gasteiger partial charge in [0.25, 0.3) is 5.91 Å². The first-order chi connectivity index (χ1) is 13.7. The molecule has 2 aromatic carbocycles. The number of amides is 1. The van der Waals surface area contributed by atoms with Crippen LogP contribution in [0.5, 0.6) is 5.75 Å². The van der Waals surface area contributed by atoms with E-state index in [0.29, 0.717) is 19.6 Å². The van der Waals surface area contributed by atoms with Gasteiger partial charge in [0.05, 0.1) is 0 Å². The van der Waals surface area contributed by atoms with Crippen molar-refractivity contribution >= 4 is 5.91 Å². The monoisotopic (exact) mass is 380 g/mol. The normalized spacial score (nSPS) is 15.8.